The summed E-state index contributed by atoms with van der Waals surface area (Å²) in [6, 6.07) is 0. The molecule has 1 atom stereocenters. The van der Waals surface area contributed by atoms with Gasteiger partial charge >= 0.3 is 0 Å². The van der Waals surface area contributed by atoms with Gasteiger partial charge in [-0.15, -0.1) is 0 Å². The summed E-state index contributed by atoms with van der Waals surface area (Å²) in [5, 5.41) is -0.341. The molecule has 0 radical (unpaired) electrons. The van der Waals surface area contributed by atoms with Crippen molar-refractivity contribution in [3.8, 4) is 0 Å². The molecular weight excluding hydrogens is 214 g/mol. The molecule has 1 heterocycles. The quantitative estimate of drug-likeness (QED) is 0.732. The maximum atomic E-state index is 11.8. The van der Waals surface area contributed by atoms with E-state index in [1.165, 1.54) is 4.31 Å². The Morgan fingerprint density at radius 1 is 1.47 bits per heavy atom. The first-order valence-electron chi connectivity index (χ1n) is 5.47. The van der Waals surface area contributed by atoms with Crippen molar-refractivity contribution in [1.82, 2.24) is 4.31 Å². The zero-order valence-electron chi connectivity index (χ0n) is 9.77. The minimum absolute atomic E-state index is 0.341. The predicted octanol–water partition coefficient (Wildman–Crippen LogP) is 1.08. The van der Waals surface area contributed by atoms with E-state index in [-0.39, 0.29) is 5.25 Å². The second-order valence-electron chi connectivity index (χ2n) is 4.46. The molecule has 0 amide bonds. The van der Waals surface area contributed by atoms with Crippen molar-refractivity contribution in [3.05, 3.63) is 0 Å². The molecular formula is C10H21NO3S. The highest BCUT2D eigenvalue weighted by atomic mass is 32.2. The van der Waals surface area contributed by atoms with Gasteiger partial charge in [0.2, 0.25) is 10.0 Å². The Kier molecular flexibility index (Phi) is 4.55. The van der Waals surface area contributed by atoms with Crippen LogP contribution in [0.15, 0.2) is 0 Å². The van der Waals surface area contributed by atoms with Gasteiger partial charge in [-0.25, -0.2) is 12.7 Å². The summed E-state index contributed by atoms with van der Waals surface area (Å²) in [6.07, 6.45) is 2.11. The summed E-state index contributed by atoms with van der Waals surface area (Å²) in [6.45, 7) is 5.52. The van der Waals surface area contributed by atoms with Crippen molar-refractivity contribution in [2.75, 3.05) is 26.8 Å². The molecule has 1 rings (SSSR count). The molecule has 15 heavy (non-hydrogen) atoms. The van der Waals surface area contributed by atoms with E-state index in [0.717, 1.165) is 19.4 Å². The predicted molar refractivity (Wildman–Crippen MR) is 60.2 cm³/mol. The molecule has 0 saturated carbocycles. The van der Waals surface area contributed by atoms with Crippen LogP contribution >= 0.6 is 0 Å². The monoisotopic (exact) mass is 235 g/mol. The van der Waals surface area contributed by atoms with E-state index in [4.69, 9.17) is 4.74 Å². The topological polar surface area (TPSA) is 46.6 Å². The third-order valence-electron chi connectivity index (χ3n) is 2.80. The molecule has 0 spiro atoms. The number of nitrogens with zero attached hydrogens (tertiary/aromatic N) is 1. The van der Waals surface area contributed by atoms with E-state index in [1.54, 1.807) is 20.9 Å². The lowest BCUT2D eigenvalue weighted by Gasteiger charge is -2.27. The fourth-order valence-electron chi connectivity index (χ4n) is 1.78. The van der Waals surface area contributed by atoms with Crippen LogP contribution < -0.4 is 0 Å². The summed E-state index contributed by atoms with van der Waals surface area (Å²) in [5.41, 5.74) is 0. The van der Waals surface area contributed by atoms with Crippen molar-refractivity contribution in [3.63, 3.8) is 0 Å². The number of ether oxygens (including phenoxy) is 1. The fourth-order valence-corrected chi connectivity index (χ4v) is 2.92. The molecule has 0 aliphatic carbocycles. The lowest BCUT2D eigenvalue weighted by Crippen LogP contribution is -2.38. The van der Waals surface area contributed by atoms with Crippen molar-refractivity contribution in [2.45, 2.75) is 31.9 Å². The van der Waals surface area contributed by atoms with Crippen LogP contribution in [0.1, 0.15) is 26.7 Å². The van der Waals surface area contributed by atoms with Crippen LogP contribution in [0.4, 0.5) is 0 Å². The van der Waals surface area contributed by atoms with Gasteiger partial charge in [0, 0.05) is 20.2 Å². The fraction of sp³-hybridized carbons (Fsp3) is 1.00. The molecule has 5 heteroatoms. The van der Waals surface area contributed by atoms with Gasteiger partial charge in [0.05, 0.1) is 11.9 Å². The van der Waals surface area contributed by atoms with Crippen molar-refractivity contribution >= 4 is 10.0 Å². The van der Waals surface area contributed by atoms with Crippen molar-refractivity contribution in [1.29, 1.82) is 0 Å². The van der Waals surface area contributed by atoms with Crippen LogP contribution in [0.3, 0.4) is 0 Å². The van der Waals surface area contributed by atoms with Gasteiger partial charge in [-0.1, -0.05) is 0 Å². The normalized spacial score (nSPS) is 23.7. The second kappa shape index (κ2) is 5.27. The summed E-state index contributed by atoms with van der Waals surface area (Å²) >= 11 is 0. The number of hydrogen-bond donors (Lipinski definition) is 0. The molecule has 90 valence electrons. The summed E-state index contributed by atoms with van der Waals surface area (Å²) in [4.78, 5) is 0. The first kappa shape index (κ1) is 12.9. The van der Waals surface area contributed by atoms with E-state index in [1.807, 2.05) is 0 Å². The first-order valence-corrected chi connectivity index (χ1v) is 6.98. The first-order chi connectivity index (χ1) is 6.94. The Morgan fingerprint density at radius 2 is 2.13 bits per heavy atom. The molecule has 1 aliphatic heterocycles. The standard InChI is InChI=1S/C10H21NO3S/c1-9(2)15(12,13)11(3)7-10-5-4-6-14-8-10/h9-10H,4-8H2,1-3H3. The van der Waals surface area contributed by atoms with Crippen molar-refractivity contribution < 1.29 is 13.2 Å². The van der Waals surface area contributed by atoms with Gasteiger partial charge in [0.25, 0.3) is 0 Å². The van der Waals surface area contributed by atoms with Crippen LogP contribution in [-0.2, 0) is 14.8 Å². The summed E-state index contributed by atoms with van der Waals surface area (Å²) < 4.78 is 30.4. The highest BCUT2D eigenvalue weighted by Crippen LogP contribution is 2.17. The van der Waals surface area contributed by atoms with Gasteiger partial charge in [0.1, 0.15) is 0 Å². The minimum Gasteiger partial charge on any atom is -0.381 e. The number of rotatable bonds is 4. The van der Waals surface area contributed by atoms with Crippen LogP contribution in [0.25, 0.3) is 0 Å². The van der Waals surface area contributed by atoms with Crippen LogP contribution in [-0.4, -0.2) is 44.8 Å². The van der Waals surface area contributed by atoms with E-state index in [2.05, 4.69) is 0 Å². The maximum Gasteiger partial charge on any atom is 0.216 e. The highest BCUT2D eigenvalue weighted by Gasteiger charge is 2.25. The van der Waals surface area contributed by atoms with Crippen LogP contribution in [0.5, 0.6) is 0 Å². The molecule has 1 aliphatic rings. The lowest BCUT2D eigenvalue weighted by molar-refractivity contribution is 0.0495. The van der Waals surface area contributed by atoms with Crippen molar-refractivity contribution in [2.24, 2.45) is 5.92 Å². The Hall–Kier alpha value is -0.130. The number of sulfonamides is 1. The molecule has 1 unspecified atom stereocenters. The smallest absolute Gasteiger partial charge is 0.216 e. The van der Waals surface area contributed by atoms with Gasteiger partial charge < -0.3 is 4.74 Å². The largest absolute Gasteiger partial charge is 0.381 e. The molecule has 4 nitrogen and oxygen atoms in total. The average Bonchev–Trinajstić information content (AvgIpc) is 2.18. The second-order valence-corrected chi connectivity index (χ2v) is 7.05. The highest BCUT2D eigenvalue weighted by molar-refractivity contribution is 7.89. The van der Waals surface area contributed by atoms with E-state index in [0.29, 0.717) is 19.1 Å². The van der Waals surface area contributed by atoms with Gasteiger partial charge in [-0.3, -0.25) is 0 Å². The van der Waals surface area contributed by atoms with Gasteiger partial charge in [-0.05, 0) is 32.6 Å². The lowest BCUT2D eigenvalue weighted by atomic mass is 10.0. The molecule has 0 aromatic rings. The third kappa shape index (κ3) is 3.43. The molecule has 0 aromatic heterocycles. The summed E-state index contributed by atoms with van der Waals surface area (Å²) in [7, 11) is -1.44. The Morgan fingerprint density at radius 3 is 2.60 bits per heavy atom. The van der Waals surface area contributed by atoms with Crippen LogP contribution in [0, 0.1) is 5.92 Å². The molecule has 1 fully saturated rings. The molecule has 0 bridgehead atoms. The zero-order chi connectivity index (χ0) is 11.5. The summed E-state index contributed by atoms with van der Waals surface area (Å²) in [5.74, 6) is 0.359. The van der Waals surface area contributed by atoms with Crippen LogP contribution in [0.2, 0.25) is 0 Å². The maximum absolute atomic E-state index is 11.8. The minimum atomic E-state index is -3.10. The van der Waals surface area contributed by atoms with E-state index >= 15 is 0 Å². The average molecular weight is 235 g/mol. The zero-order valence-corrected chi connectivity index (χ0v) is 10.6. The van der Waals surface area contributed by atoms with E-state index in [9.17, 15) is 8.42 Å². The Bertz CT molecular complexity index is 281. The SMILES string of the molecule is CC(C)S(=O)(=O)N(C)CC1CCCOC1. The van der Waals surface area contributed by atoms with Gasteiger partial charge in [-0.2, -0.15) is 0 Å². The Labute approximate surface area is 92.7 Å². The molecule has 1 saturated heterocycles. The molecule has 0 N–H and O–H groups in total. The van der Waals surface area contributed by atoms with E-state index < -0.39 is 10.0 Å². The van der Waals surface area contributed by atoms with Gasteiger partial charge in [0.15, 0.2) is 0 Å². The third-order valence-corrected chi connectivity index (χ3v) is 5.01. The number of hydrogen-bond acceptors (Lipinski definition) is 3. The Balaban J connectivity index is 2.50. The molecule has 0 aromatic carbocycles.